The summed E-state index contributed by atoms with van der Waals surface area (Å²) in [5.74, 6) is -0.311. The van der Waals surface area contributed by atoms with Crippen LogP contribution in [0.5, 0.6) is 5.75 Å². The number of alkyl halides is 3. The Balaban J connectivity index is 1.92. The third-order valence-electron chi connectivity index (χ3n) is 4.39. The van der Waals surface area contributed by atoms with Crippen molar-refractivity contribution in [3.05, 3.63) is 53.6 Å². The first-order valence-electron chi connectivity index (χ1n) is 8.89. The molecule has 2 N–H and O–H groups in total. The number of hydrogen-bond donors (Lipinski definition) is 1. The van der Waals surface area contributed by atoms with Crippen LogP contribution in [0.15, 0.2) is 47.4 Å². The lowest BCUT2D eigenvalue weighted by Gasteiger charge is -2.25. The molecule has 3 rings (SSSR count). The van der Waals surface area contributed by atoms with E-state index >= 15 is 0 Å². The summed E-state index contributed by atoms with van der Waals surface area (Å²) in [6, 6.07) is 9.76. The van der Waals surface area contributed by atoms with Gasteiger partial charge in [-0.3, -0.25) is 9.59 Å². The van der Waals surface area contributed by atoms with Crippen LogP contribution in [0, 0.1) is 0 Å². The van der Waals surface area contributed by atoms with Gasteiger partial charge >= 0.3 is 6.36 Å². The van der Waals surface area contributed by atoms with Gasteiger partial charge in [0.15, 0.2) is 5.78 Å². The molecule has 154 valence electrons. The first-order valence-corrected chi connectivity index (χ1v) is 9.88. The summed E-state index contributed by atoms with van der Waals surface area (Å²) >= 11 is 1.43. The first-order chi connectivity index (χ1) is 13.7. The molecule has 0 radical (unpaired) electrons. The number of carbonyl (C=O) groups excluding carboxylic acids is 2. The van der Waals surface area contributed by atoms with Crippen LogP contribution in [0.2, 0.25) is 0 Å². The Morgan fingerprint density at radius 3 is 2.55 bits per heavy atom. The third-order valence-corrected chi connectivity index (χ3v) is 5.57. The zero-order chi connectivity index (χ0) is 21.2. The predicted molar refractivity (Wildman–Crippen MR) is 104 cm³/mol. The average Bonchev–Trinajstić information content (AvgIpc) is 2.79. The number of rotatable bonds is 5. The van der Waals surface area contributed by atoms with Crippen molar-refractivity contribution in [1.29, 1.82) is 0 Å². The van der Waals surface area contributed by atoms with E-state index in [1.54, 1.807) is 25.1 Å². The minimum Gasteiger partial charge on any atom is -0.406 e. The molecule has 0 saturated carbocycles. The molecule has 1 atom stereocenters. The molecule has 2 aromatic rings. The maximum atomic E-state index is 12.8. The lowest BCUT2D eigenvalue weighted by Crippen LogP contribution is -2.44. The highest BCUT2D eigenvalue weighted by atomic mass is 32.2. The van der Waals surface area contributed by atoms with Crippen LogP contribution in [-0.4, -0.2) is 29.8 Å². The molecule has 0 aromatic heterocycles. The number of fused-ring (bicyclic) bond motifs is 1. The number of hydrogen-bond acceptors (Lipinski definition) is 5. The van der Waals surface area contributed by atoms with Gasteiger partial charge < -0.3 is 15.4 Å². The number of nitrogens with zero attached hydrogens (tertiary/aromatic N) is 1. The van der Waals surface area contributed by atoms with Crippen molar-refractivity contribution < 1.29 is 27.5 Å². The number of thioether (sulfide) groups is 1. The molecule has 2 aromatic carbocycles. The number of anilines is 1. The molecular weight excluding hydrogens is 405 g/mol. The van der Waals surface area contributed by atoms with Crippen molar-refractivity contribution >= 4 is 29.1 Å². The van der Waals surface area contributed by atoms with Gasteiger partial charge in [-0.05, 0) is 29.8 Å². The number of benzene rings is 2. The second-order valence-electron chi connectivity index (χ2n) is 6.49. The molecule has 0 spiro atoms. The third kappa shape index (κ3) is 5.10. The zero-order valence-electron chi connectivity index (χ0n) is 15.5. The monoisotopic (exact) mass is 424 g/mol. The van der Waals surface area contributed by atoms with Gasteiger partial charge in [-0.15, -0.1) is 24.9 Å². The molecule has 1 aliphatic heterocycles. The summed E-state index contributed by atoms with van der Waals surface area (Å²) in [6.07, 6.45) is -4.44. The summed E-state index contributed by atoms with van der Waals surface area (Å²) in [6.45, 7) is 1.86. The van der Waals surface area contributed by atoms with Crippen molar-refractivity contribution in [2.45, 2.75) is 37.2 Å². The minimum atomic E-state index is -4.77. The van der Waals surface area contributed by atoms with Crippen LogP contribution in [0.3, 0.4) is 0 Å². The van der Waals surface area contributed by atoms with Gasteiger partial charge in [0.1, 0.15) is 5.75 Å². The van der Waals surface area contributed by atoms with Crippen molar-refractivity contribution in [2.24, 2.45) is 5.73 Å². The lowest BCUT2D eigenvalue weighted by atomic mass is 10.1. The topological polar surface area (TPSA) is 72.6 Å². The number of ether oxygens (including phenoxy) is 1. The summed E-state index contributed by atoms with van der Waals surface area (Å²) in [5.41, 5.74) is 7.66. The second kappa shape index (κ2) is 8.46. The van der Waals surface area contributed by atoms with Gasteiger partial charge in [0.25, 0.3) is 0 Å². The van der Waals surface area contributed by atoms with Gasteiger partial charge in [0, 0.05) is 22.6 Å². The van der Waals surface area contributed by atoms with Crippen molar-refractivity contribution in [1.82, 2.24) is 0 Å². The molecule has 1 aliphatic rings. The van der Waals surface area contributed by atoms with E-state index in [9.17, 15) is 22.8 Å². The summed E-state index contributed by atoms with van der Waals surface area (Å²) in [5, 5.41) is 0. The van der Waals surface area contributed by atoms with E-state index in [0.717, 1.165) is 4.90 Å². The summed E-state index contributed by atoms with van der Waals surface area (Å²) < 4.78 is 40.9. The summed E-state index contributed by atoms with van der Waals surface area (Å²) in [7, 11) is 0. The maximum absolute atomic E-state index is 12.8. The number of Topliss-reactive ketones (excluding diaryl/α,β-unsaturated/α-hetero) is 1. The van der Waals surface area contributed by atoms with Crippen LogP contribution >= 0.6 is 11.8 Å². The Morgan fingerprint density at radius 2 is 1.93 bits per heavy atom. The number of nitrogens with two attached hydrogens (primary N) is 1. The Hall–Kier alpha value is -2.52. The molecule has 0 unspecified atom stereocenters. The number of amides is 1. The van der Waals surface area contributed by atoms with Crippen molar-refractivity contribution in [3.8, 4) is 5.75 Å². The van der Waals surface area contributed by atoms with Gasteiger partial charge in [0.05, 0.1) is 18.3 Å². The molecule has 1 heterocycles. The highest BCUT2D eigenvalue weighted by molar-refractivity contribution is 7.99. The Morgan fingerprint density at radius 1 is 1.24 bits per heavy atom. The predicted octanol–water partition coefficient (Wildman–Crippen LogP) is 4.14. The van der Waals surface area contributed by atoms with E-state index in [2.05, 4.69) is 4.74 Å². The normalized spacial score (nSPS) is 16.9. The highest BCUT2D eigenvalue weighted by Gasteiger charge is 2.31. The van der Waals surface area contributed by atoms with Crippen molar-refractivity contribution in [3.63, 3.8) is 0 Å². The Kier molecular flexibility index (Phi) is 6.18. The average molecular weight is 424 g/mol. The molecular formula is C20H19F3N2O3S. The molecule has 1 amide bonds. The van der Waals surface area contributed by atoms with E-state index in [-0.39, 0.29) is 24.0 Å². The molecule has 29 heavy (non-hydrogen) atoms. The fourth-order valence-corrected chi connectivity index (χ4v) is 3.92. The van der Waals surface area contributed by atoms with Gasteiger partial charge in [-0.2, -0.15) is 0 Å². The van der Waals surface area contributed by atoms with Gasteiger partial charge in [0.2, 0.25) is 5.91 Å². The molecule has 0 aliphatic carbocycles. The van der Waals surface area contributed by atoms with Crippen LogP contribution in [-0.2, 0) is 11.3 Å². The smallest absolute Gasteiger partial charge is 0.406 e. The largest absolute Gasteiger partial charge is 0.573 e. The Labute approximate surface area is 170 Å². The van der Waals surface area contributed by atoms with E-state index in [4.69, 9.17) is 5.73 Å². The van der Waals surface area contributed by atoms with Crippen LogP contribution in [0.4, 0.5) is 18.9 Å². The SMILES string of the molecule is CCC(=O)c1ccc2c(c1)N(Cc1ccc(OC(F)(F)F)cc1)C(=O)[C@@H](N)CS2. The van der Waals surface area contributed by atoms with Gasteiger partial charge in [-0.1, -0.05) is 25.1 Å². The molecule has 9 heteroatoms. The first kappa shape index (κ1) is 21.2. The van der Waals surface area contributed by atoms with Crippen LogP contribution < -0.4 is 15.4 Å². The minimum absolute atomic E-state index is 0.0487. The van der Waals surface area contributed by atoms with E-state index < -0.39 is 12.4 Å². The molecule has 0 fully saturated rings. The highest BCUT2D eigenvalue weighted by Crippen LogP contribution is 2.36. The number of halogens is 3. The van der Waals surface area contributed by atoms with Crippen molar-refractivity contribution in [2.75, 3.05) is 10.7 Å². The maximum Gasteiger partial charge on any atom is 0.573 e. The van der Waals surface area contributed by atoms with Gasteiger partial charge in [-0.25, -0.2) is 0 Å². The second-order valence-corrected chi connectivity index (χ2v) is 7.55. The standard InChI is InChI=1S/C20H19F3N2O3S/c1-2-17(26)13-5-8-18-16(9-13)25(19(27)15(24)11-29-18)10-12-3-6-14(7-4-12)28-20(21,22)23/h3-9,15H,2,10-11,24H2,1H3/t15-/m0/s1. The molecule has 0 bridgehead atoms. The zero-order valence-corrected chi connectivity index (χ0v) is 16.3. The fraction of sp³-hybridized carbons (Fsp3) is 0.300. The van der Waals surface area contributed by atoms with E-state index in [1.807, 2.05) is 0 Å². The molecule has 0 saturated heterocycles. The quantitative estimate of drug-likeness (QED) is 0.731. The van der Waals surface area contributed by atoms with Crippen LogP contribution in [0.1, 0.15) is 29.3 Å². The fourth-order valence-electron chi connectivity index (χ4n) is 2.94. The van der Waals surface area contributed by atoms with E-state index in [0.29, 0.717) is 29.0 Å². The van der Waals surface area contributed by atoms with Crippen LogP contribution in [0.25, 0.3) is 0 Å². The Bertz CT molecular complexity index is 916. The number of carbonyl (C=O) groups is 2. The summed E-state index contributed by atoms with van der Waals surface area (Å²) in [4.78, 5) is 27.2. The lowest BCUT2D eigenvalue weighted by molar-refractivity contribution is -0.274. The van der Waals surface area contributed by atoms with E-state index in [1.165, 1.54) is 40.9 Å². The number of ketones is 1. The molecule has 5 nitrogen and oxygen atoms in total.